The summed E-state index contributed by atoms with van der Waals surface area (Å²) in [6, 6.07) is 4.80. The first-order valence-corrected chi connectivity index (χ1v) is 6.14. The highest BCUT2D eigenvalue weighted by atomic mass is 16.6. The molecule has 1 aliphatic heterocycles. The number of carbonyl (C=O) groups excluding carboxylic acids is 1. The lowest BCUT2D eigenvalue weighted by atomic mass is 10.1. The lowest BCUT2D eigenvalue weighted by Crippen LogP contribution is -2.33. The maximum atomic E-state index is 11.9. The highest BCUT2D eigenvalue weighted by Gasteiger charge is 2.24. The molecule has 0 aliphatic carbocycles. The predicted molar refractivity (Wildman–Crippen MR) is 70.9 cm³/mol. The zero-order valence-corrected chi connectivity index (χ0v) is 10.9. The molecule has 1 aliphatic rings. The molecular formula is C14H15NO5. The first kappa shape index (κ1) is 13.9. The molecule has 1 aromatic rings. The normalized spacial score (nSPS) is 13.7. The summed E-state index contributed by atoms with van der Waals surface area (Å²) in [6.45, 7) is 4.36. The van der Waals surface area contributed by atoms with E-state index in [4.69, 9.17) is 9.47 Å². The van der Waals surface area contributed by atoms with Crippen LogP contribution >= 0.6 is 0 Å². The minimum Gasteiger partial charge on any atom is -0.491 e. The number of rotatable bonds is 3. The van der Waals surface area contributed by atoms with Gasteiger partial charge in [-0.25, -0.2) is 9.59 Å². The van der Waals surface area contributed by atoms with E-state index in [1.807, 2.05) is 0 Å². The molecule has 0 unspecified atom stereocenters. The minimum atomic E-state index is -1.05. The minimum absolute atomic E-state index is 0.115. The van der Waals surface area contributed by atoms with Crippen LogP contribution in [0.25, 0.3) is 0 Å². The van der Waals surface area contributed by atoms with Gasteiger partial charge in [-0.05, 0) is 12.1 Å². The predicted octanol–water partition coefficient (Wildman–Crippen LogP) is 1.90. The number of nitrogens with zero attached hydrogens (tertiary/aromatic N) is 1. The molecule has 0 radical (unpaired) electrons. The van der Waals surface area contributed by atoms with Gasteiger partial charge in [-0.15, -0.1) is 0 Å². The van der Waals surface area contributed by atoms with Gasteiger partial charge in [-0.2, -0.15) is 0 Å². The molecule has 2 rings (SSSR count). The van der Waals surface area contributed by atoms with E-state index in [2.05, 4.69) is 6.58 Å². The van der Waals surface area contributed by atoms with Gasteiger partial charge in [0.15, 0.2) is 0 Å². The molecule has 1 heterocycles. The second-order valence-corrected chi connectivity index (χ2v) is 4.22. The van der Waals surface area contributed by atoms with Gasteiger partial charge in [0.2, 0.25) is 0 Å². The molecule has 20 heavy (non-hydrogen) atoms. The molecule has 0 saturated heterocycles. The number of ether oxygens (including phenoxy) is 2. The number of fused-ring (bicyclic) bond motifs is 1. The van der Waals surface area contributed by atoms with Gasteiger partial charge in [0.1, 0.15) is 19.0 Å². The third-order valence-electron chi connectivity index (χ3n) is 2.91. The Morgan fingerprint density at radius 3 is 3.00 bits per heavy atom. The molecule has 106 valence electrons. The molecule has 0 spiro atoms. The zero-order chi connectivity index (χ0) is 14.5. The molecule has 0 saturated carbocycles. The summed E-state index contributed by atoms with van der Waals surface area (Å²) in [5.74, 6) is -0.560. The third-order valence-corrected chi connectivity index (χ3v) is 2.91. The van der Waals surface area contributed by atoms with Crippen molar-refractivity contribution in [2.45, 2.75) is 6.54 Å². The van der Waals surface area contributed by atoms with Gasteiger partial charge in [-0.3, -0.25) is 0 Å². The average Bonchev–Trinajstić information content (AvgIpc) is 2.66. The van der Waals surface area contributed by atoms with Crippen LogP contribution in [-0.2, 0) is 11.3 Å². The summed E-state index contributed by atoms with van der Waals surface area (Å²) in [7, 11) is 0. The van der Waals surface area contributed by atoms with Crippen molar-refractivity contribution in [2.24, 2.45) is 0 Å². The Balaban J connectivity index is 2.26. The largest absolute Gasteiger partial charge is 0.491 e. The zero-order valence-electron chi connectivity index (χ0n) is 10.9. The van der Waals surface area contributed by atoms with Crippen LogP contribution in [-0.4, -0.2) is 41.8 Å². The molecular weight excluding hydrogens is 262 g/mol. The number of carboxylic acid groups (broad SMARTS) is 1. The van der Waals surface area contributed by atoms with Gasteiger partial charge < -0.3 is 19.5 Å². The molecule has 0 atom stereocenters. The molecule has 1 aromatic carbocycles. The van der Waals surface area contributed by atoms with Crippen molar-refractivity contribution in [3.05, 3.63) is 42.0 Å². The lowest BCUT2D eigenvalue weighted by Gasteiger charge is -2.19. The van der Waals surface area contributed by atoms with Crippen LogP contribution in [0.15, 0.2) is 30.9 Å². The average molecular weight is 277 g/mol. The van der Waals surface area contributed by atoms with E-state index in [9.17, 15) is 14.7 Å². The number of aromatic carboxylic acids is 1. The van der Waals surface area contributed by atoms with E-state index >= 15 is 0 Å². The highest BCUT2D eigenvalue weighted by Crippen LogP contribution is 2.26. The highest BCUT2D eigenvalue weighted by molar-refractivity contribution is 5.90. The Morgan fingerprint density at radius 1 is 1.50 bits per heavy atom. The fraction of sp³-hybridized carbons (Fsp3) is 0.286. The van der Waals surface area contributed by atoms with Crippen LogP contribution in [0.2, 0.25) is 0 Å². The van der Waals surface area contributed by atoms with Crippen LogP contribution in [0.4, 0.5) is 4.79 Å². The second kappa shape index (κ2) is 6.10. The number of carboxylic acids is 1. The van der Waals surface area contributed by atoms with E-state index in [0.29, 0.717) is 24.5 Å². The van der Waals surface area contributed by atoms with Crippen molar-refractivity contribution in [2.75, 3.05) is 19.8 Å². The van der Waals surface area contributed by atoms with Crippen LogP contribution in [0.1, 0.15) is 15.9 Å². The fourth-order valence-corrected chi connectivity index (χ4v) is 1.98. The maximum absolute atomic E-state index is 11.9. The van der Waals surface area contributed by atoms with Crippen molar-refractivity contribution in [1.82, 2.24) is 4.90 Å². The van der Waals surface area contributed by atoms with E-state index in [0.717, 1.165) is 0 Å². The summed E-state index contributed by atoms with van der Waals surface area (Å²) in [6.07, 6.45) is 0.963. The fourth-order valence-electron chi connectivity index (χ4n) is 1.98. The van der Waals surface area contributed by atoms with E-state index in [-0.39, 0.29) is 18.7 Å². The second-order valence-electron chi connectivity index (χ2n) is 4.22. The molecule has 1 N–H and O–H groups in total. The third kappa shape index (κ3) is 2.90. The Bertz CT molecular complexity index is 540. The summed E-state index contributed by atoms with van der Waals surface area (Å²) < 4.78 is 10.5. The summed E-state index contributed by atoms with van der Waals surface area (Å²) >= 11 is 0. The maximum Gasteiger partial charge on any atom is 0.410 e. The SMILES string of the molecule is C=CCOC(=O)N1CCOc2cccc(C(=O)O)c2C1. The van der Waals surface area contributed by atoms with Crippen molar-refractivity contribution < 1.29 is 24.2 Å². The van der Waals surface area contributed by atoms with E-state index in [1.165, 1.54) is 17.0 Å². The summed E-state index contributed by atoms with van der Waals surface area (Å²) in [4.78, 5) is 24.5. The summed E-state index contributed by atoms with van der Waals surface area (Å²) in [5, 5.41) is 9.20. The van der Waals surface area contributed by atoms with Crippen molar-refractivity contribution in [3.63, 3.8) is 0 Å². The van der Waals surface area contributed by atoms with Crippen molar-refractivity contribution in [3.8, 4) is 5.75 Å². The number of hydrogen-bond donors (Lipinski definition) is 1. The van der Waals surface area contributed by atoms with E-state index in [1.54, 1.807) is 12.1 Å². The molecule has 0 aromatic heterocycles. The molecule has 1 amide bonds. The molecule has 0 bridgehead atoms. The summed E-state index contributed by atoms with van der Waals surface area (Å²) in [5.41, 5.74) is 0.610. The lowest BCUT2D eigenvalue weighted by molar-refractivity contribution is 0.0692. The monoisotopic (exact) mass is 277 g/mol. The van der Waals surface area contributed by atoms with Gasteiger partial charge in [0.05, 0.1) is 18.7 Å². The number of carbonyl (C=O) groups is 2. The molecule has 6 nitrogen and oxygen atoms in total. The number of benzene rings is 1. The van der Waals surface area contributed by atoms with Gasteiger partial charge >= 0.3 is 12.1 Å². The Hall–Kier alpha value is -2.50. The molecule has 0 fully saturated rings. The van der Waals surface area contributed by atoms with Crippen molar-refractivity contribution >= 4 is 12.1 Å². The first-order chi connectivity index (χ1) is 9.63. The van der Waals surface area contributed by atoms with Crippen LogP contribution in [0.5, 0.6) is 5.75 Å². The quantitative estimate of drug-likeness (QED) is 0.854. The first-order valence-electron chi connectivity index (χ1n) is 6.14. The van der Waals surface area contributed by atoms with Gasteiger partial charge in [-0.1, -0.05) is 18.7 Å². The topological polar surface area (TPSA) is 76.1 Å². The number of amides is 1. The Morgan fingerprint density at radius 2 is 2.30 bits per heavy atom. The van der Waals surface area contributed by atoms with E-state index < -0.39 is 12.1 Å². The molecule has 6 heteroatoms. The van der Waals surface area contributed by atoms with Crippen molar-refractivity contribution in [1.29, 1.82) is 0 Å². The van der Waals surface area contributed by atoms with Gasteiger partial charge in [0, 0.05) is 5.56 Å². The van der Waals surface area contributed by atoms with Crippen LogP contribution in [0, 0.1) is 0 Å². The Labute approximate surface area is 116 Å². The standard InChI is InChI=1S/C14H15NO5/c1-2-7-20-14(18)15-6-8-19-12-5-3-4-10(13(16)17)11(12)9-15/h2-5H,1,6-9H2,(H,16,17). The van der Waals surface area contributed by atoms with Gasteiger partial charge in [0.25, 0.3) is 0 Å². The smallest absolute Gasteiger partial charge is 0.410 e. The number of hydrogen-bond acceptors (Lipinski definition) is 4. The Kier molecular flexibility index (Phi) is 4.24. The van der Waals surface area contributed by atoms with Crippen LogP contribution in [0.3, 0.4) is 0 Å². The van der Waals surface area contributed by atoms with Crippen LogP contribution < -0.4 is 4.74 Å².